The largest absolute Gasteiger partial charge is 0.387 e. The SMILES string of the molecule is CCOC1CC(N)(C(=O)NCC(C)(O)CN(C)C)C1(C)C. The van der Waals surface area contributed by atoms with E-state index in [1.54, 1.807) is 6.92 Å². The predicted octanol–water partition coefficient (Wildman–Crippen LogP) is -0.0523. The number of carbonyl (C=O) groups excluding carboxylic acids is 1. The fourth-order valence-electron chi connectivity index (χ4n) is 2.99. The molecule has 0 aromatic rings. The maximum absolute atomic E-state index is 12.4. The van der Waals surface area contributed by atoms with Crippen molar-refractivity contribution in [1.29, 1.82) is 0 Å². The zero-order valence-corrected chi connectivity index (χ0v) is 14.2. The summed E-state index contributed by atoms with van der Waals surface area (Å²) in [5.74, 6) is -0.220. The molecule has 0 aromatic heterocycles. The molecule has 0 aromatic carbocycles. The number of rotatable bonds is 7. The average molecular weight is 301 g/mol. The molecule has 6 nitrogen and oxygen atoms in total. The maximum Gasteiger partial charge on any atom is 0.240 e. The summed E-state index contributed by atoms with van der Waals surface area (Å²) in [6, 6.07) is 0. The lowest BCUT2D eigenvalue weighted by Gasteiger charge is -2.57. The molecule has 3 unspecified atom stereocenters. The molecular formula is C15H31N3O3. The van der Waals surface area contributed by atoms with Gasteiger partial charge in [-0.25, -0.2) is 0 Å². The molecule has 1 aliphatic rings. The van der Waals surface area contributed by atoms with Crippen molar-refractivity contribution in [2.24, 2.45) is 11.1 Å². The van der Waals surface area contributed by atoms with Crippen LogP contribution in [0, 0.1) is 5.41 Å². The topological polar surface area (TPSA) is 87.8 Å². The normalized spacial score (nSPS) is 30.6. The van der Waals surface area contributed by atoms with Gasteiger partial charge >= 0.3 is 0 Å². The van der Waals surface area contributed by atoms with Gasteiger partial charge in [-0.15, -0.1) is 0 Å². The highest BCUT2D eigenvalue weighted by atomic mass is 16.5. The zero-order chi connectivity index (χ0) is 16.5. The first-order valence-corrected chi connectivity index (χ1v) is 7.52. The summed E-state index contributed by atoms with van der Waals surface area (Å²) in [5.41, 5.74) is 3.95. The number of hydrogen-bond acceptors (Lipinski definition) is 5. The third-order valence-corrected chi connectivity index (χ3v) is 4.52. The summed E-state index contributed by atoms with van der Waals surface area (Å²) in [4.78, 5) is 14.3. The summed E-state index contributed by atoms with van der Waals surface area (Å²) in [6.45, 7) is 8.80. The number of amides is 1. The molecule has 0 radical (unpaired) electrons. The molecule has 4 N–H and O–H groups in total. The van der Waals surface area contributed by atoms with Crippen molar-refractivity contribution in [3.8, 4) is 0 Å². The molecule has 3 atom stereocenters. The van der Waals surface area contributed by atoms with E-state index >= 15 is 0 Å². The first-order valence-electron chi connectivity index (χ1n) is 7.52. The maximum atomic E-state index is 12.4. The van der Waals surface area contributed by atoms with Crippen LogP contribution in [0.3, 0.4) is 0 Å². The highest BCUT2D eigenvalue weighted by Crippen LogP contribution is 2.49. The fraction of sp³-hybridized carbons (Fsp3) is 0.933. The van der Waals surface area contributed by atoms with Gasteiger partial charge in [0.15, 0.2) is 0 Å². The van der Waals surface area contributed by atoms with Gasteiger partial charge in [0.05, 0.1) is 11.7 Å². The van der Waals surface area contributed by atoms with E-state index < -0.39 is 16.6 Å². The van der Waals surface area contributed by atoms with E-state index in [-0.39, 0.29) is 18.6 Å². The number of aliphatic hydroxyl groups is 1. The summed E-state index contributed by atoms with van der Waals surface area (Å²) in [5, 5.41) is 13.0. The minimum absolute atomic E-state index is 0.000496. The number of ether oxygens (including phenoxy) is 1. The van der Waals surface area contributed by atoms with E-state index in [4.69, 9.17) is 10.5 Å². The molecule has 0 heterocycles. The first-order chi connectivity index (χ1) is 9.46. The second kappa shape index (κ2) is 6.20. The van der Waals surface area contributed by atoms with Crippen LogP contribution >= 0.6 is 0 Å². The monoisotopic (exact) mass is 301 g/mol. The predicted molar refractivity (Wildman–Crippen MR) is 82.9 cm³/mol. The Labute approximate surface area is 128 Å². The van der Waals surface area contributed by atoms with Crippen molar-refractivity contribution in [2.75, 3.05) is 33.8 Å². The van der Waals surface area contributed by atoms with Crippen molar-refractivity contribution >= 4 is 5.91 Å². The quantitative estimate of drug-likeness (QED) is 0.613. The van der Waals surface area contributed by atoms with Crippen LogP contribution in [0.4, 0.5) is 0 Å². The van der Waals surface area contributed by atoms with Gasteiger partial charge < -0.3 is 25.8 Å². The molecule has 0 spiro atoms. The molecule has 21 heavy (non-hydrogen) atoms. The Kier molecular flexibility index (Phi) is 5.42. The van der Waals surface area contributed by atoms with Crippen molar-refractivity contribution < 1.29 is 14.6 Å². The van der Waals surface area contributed by atoms with E-state index in [9.17, 15) is 9.90 Å². The highest BCUT2D eigenvalue weighted by Gasteiger charge is 2.62. The summed E-state index contributed by atoms with van der Waals surface area (Å²) in [6.07, 6.45) is 0.510. The smallest absolute Gasteiger partial charge is 0.240 e. The lowest BCUT2D eigenvalue weighted by molar-refractivity contribution is -0.171. The van der Waals surface area contributed by atoms with Crippen LogP contribution in [0.25, 0.3) is 0 Å². The molecule has 1 fully saturated rings. The zero-order valence-electron chi connectivity index (χ0n) is 14.2. The van der Waals surface area contributed by atoms with Gasteiger partial charge in [0.25, 0.3) is 0 Å². The van der Waals surface area contributed by atoms with E-state index in [2.05, 4.69) is 5.32 Å². The molecule has 0 bridgehead atoms. The number of likely N-dealkylation sites (N-methyl/N-ethyl adjacent to an activating group) is 1. The Morgan fingerprint density at radius 1 is 1.52 bits per heavy atom. The van der Waals surface area contributed by atoms with Crippen LogP contribution in [-0.2, 0) is 9.53 Å². The fourth-order valence-corrected chi connectivity index (χ4v) is 2.99. The van der Waals surface area contributed by atoms with E-state index in [0.717, 1.165) is 0 Å². The van der Waals surface area contributed by atoms with Gasteiger partial charge in [0, 0.05) is 31.5 Å². The average Bonchev–Trinajstić information content (AvgIpc) is 2.34. The number of nitrogens with one attached hydrogen (secondary N) is 1. The Morgan fingerprint density at radius 3 is 2.52 bits per heavy atom. The van der Waals surface area contributed by atoms with Gasteiger partial charge in [0.2, 0.25) is 5.91 Å². The first kappa shape index (κ1) is 18.4. The molecule has 6 heteroatoms. The van der Waals surface area contributed by atoms with Crippen molar-refractivity contribution in [2.45, 2.75) is 51.4 Å². The Hall–Kier alpha value is -0.690. The number of carbonyl (C=O) groups is 1. The Bertz CT molecular complexity index is 382. The van der Waals surface area contributed by atoms with E-state index in [1.165, 1.54) is 0 Å². The summed E-state index contributed by atoms with van der Waals surface area (Å²) < 4.78 is 5.62. The molecule has 1 rings (SSSR count). The van der Waals surface area contributed by atoms with Gasteiger partial charge in [-0.3, -0.25) is 4.79 Å². The molecular weight excluding hydrogens is 270 g/mol. The molecule has 0 saturated heterocycles. The van der Waals surface area contributed by atoms with Crippen LogP contribution in [0.1, 0.15) is 34.1 Å². The third-order valence-electron chi connectivity index (χ3n) is 4.52. The van der Waals surface area contributed by atoms with E-state index in [0.29, 0.717) is 19.6 Å². The Balaban J connectivity index is 2.61. The third kappa shape index (κ3) is 3.74. The summed E-state index contributed by atoms with van der Waals surface area (Å²) in [7, 11) is 3.75. The van der Waals surface area contributed by atoms with Crippen molar-refractivity contribution in [3.05, 3.63) is 0 Å². The number of nitrogens with zero attached hydrogens (tertiary/aromatic N) is 1. The van der Waals surface area contributed by atoms with Gasteiger partial charge in [-0.1, -0.05) is 13.8 Å². The van der Waals surface area contributed by atoms with Crippen LogP contribution in [0.2, 0.25) is 0 Å². The van der Waals surface area contributed by atoms with Crippen LogP contribution in [-0.4, -0.2) is 66.9 Å². The second-order valence-electron chi connectivity index (χ2n) is 7.26. The number of hydrogen-bond donors (Lipinski definition) is 3. The summed E-state index contributed by atoms with van der Waals surface area (Å²) >= 11 is 0. The second-order valence-corrected chi connectivity index (χ2v) is 7.26. The lowest BCUT2D eigenvalue weighted by Crippen LogP contribution is -2.76. The molecule has 0 aliphatic heterocycles. The Morgan fingerprint density at radius 2 is 2.10 bits per heavy atom. The van der Waals surface area contributed by atoms with Crippen LogP contribution in [0.15, 0.2) is 0 Å². The minimum Gasteiger partial charge on any atom is -0.387 e. The lowest BCUT2D eigenvalue weighted by atomic mass is 9.54. The van der Waals surface area contributed by atoms with E-state index in [1.807, 2.05) is 39.8 Å². The van der Waals surface area contributed by atoms with Gasteiger partial charge in [-0.05, 0) is 27.9 Å². The van der Waals surface area contributed by atoms with Crippen LogP contribution < -0.4 is 11.1 Å². The van der Waals surface area contributed by atoms with Crippen LogP contribution in [0.5, 0.6) is 0 Å². The standard InChI is InChI=1S/C15H31N3O3/c1-7-21-11-8-15(16,13(11,2)3)12(19)17-9-14(4,20)10-18(5)6/h11,20H,7-10,16H2,1-6H3,(H,17,19). The molecule has 1 saturated carbocycles. The highest BCUT2D eigenvalue weighted by molar-refractivity contribution is 5.88. The number of nitrogens with two attached hydrogens (primary N) is 1. The van der Waals surface area contributed by atoms with Gasteiger partial charge in [0.1, 0.15) is 5.54 Å². The molecule has 1 aliphatic carbocycles. The van der Waals surface area contributed by atoms with Crippen molar-refractivity contribution in [1.82, 2.24) is 10.2 Å². The molecule has 124 valence electrons. The van der Waals surface area contributed by atoms with Gasteiger partial charge in [-0.2, -0.15) is 0 Å². The molecule has 1 amide bonds. The van der Waals surface area contributed by atoms with Crippen molar-refractivity contribution in [3.63, 3.8) is 0 Å². The minimum atomic E-state index is -0.983.